The van der Waals surface area contributed by atoms with E-state index in [1.54, 1.807) is 6.20 Å². The summed E-state index contributed by atoms with van der Waals surface area (Å²) in [6.07, 6.45) is 11.9. The van der Waals surface area contributed by atoms with E-state index in [4.69, 9.17) is 0 Å². The molecule has 4 aromatic rings. The summed E-state index contributed by atoms with van der Waals surface area (Å²) < 4.78 is 3.99. The van der Waals surface area contributed by atoms with Crippen LogP contribution in [0.25, 0.3) is 16.1 Å². The zero-order chi connectivity index (χ0) is 21.3. The molecule has 0 radical (unpaired) electrons. The molecule has 1 saturated heterocycles. The highest BCUT2D eigenvalue weighted by molar-refractivity contribution is 7.17. The van der Waals surface area contributed by atoms with Gasteiger partial charge in [-0.2, -0.15) is 5.10 Å². The second-order valence-corrected chi connectivity index (χ2v) is 9.65. The van der Waals surface area contributed by atoms with Gasteiger partial charge in [0.05, 0.1) is 11.1 Å². The van der Waals surface area contributed by atoms with Gasteiger partial charge in [0.2, 0.25) is 0 Å². The second-order valence-electron chi connectivity index (χ2n) is 8.56. The van der Waals surface area contributed by atoms with E-state index in [2.05, 4.69) is 33.8 Å². The first kappa shape index (κ1) is 20.0. The van der Waals surface area contributed by atoms with Crippen molar-refractivity contribution in [2.45, 2.75) is 32.9 Å². The van der Waals surface area contributed by atoms with Gasteiger partial charge < -0.3 is 15.0 Å². The van der Waals surface area contributed by atoms with Gasteiger partial charge in [-0.3, -0.25) is 9.48 Å². The molecule has 8 heteroatoms. The van der Waals surface area contributed by atoms with Crippen molar-refractivity contribution in [1.29, 1.82) is 0 Å². The van der Waals surface area contributed by atoms with Crippen molar-refractivity contribution in [1.82, 2.24) is 29.8 Å². The van der Waals surface area contributed by atoms with E-state index >= 15 is 0 Å². The van der Waals surface area contributed by atoms with Gasteiger partial charge in [-0.05, 0) is 61.2 Å². The maximum atomic E-state index is 12.6. The van der Waals surface area contributed by atoms with Crippen molar-refractivity contribution in [3.8, 4) is 10.4 Å². The van der Waals surface area contributed by atoms with E-state index in [0.717, 1.165) is 41.3 Å². The zero-order valence-electron chi connectivity index (χ0n) is 17.5. The Morgan fingerprint density at radius 1 is 1.26 bits per heavy atom. The van der Waals surface area contributed by atoms with Crippen LogP contribution >= 0.6 is 11.3 Å². The summed E-state index contributed by atoms with van der Waals surface area (Å²) in [5.74, 6) is -0.0610. The third kappa shape index (κ3) is 4.40. The van der Waals surface area contributed by atoms with Crippen LogP contribution in [-0.2, 0) is 13.1 Å². The van der Waals surface area contributed by atoms with Gasteiger partial charge in [0, 0.05) is 48.3 Å². The fourth-order valence-corrected chi connectivity index (χ4v) is 5.00. The summed E-state index contributed by atoms with van der Waals surface area (Å²) in [5.41, 5.74) is 3.25. The van der Waals surface area contributed by atoms with Crippen LogP contribution < -0.4 is 10.6 Å². The minimum absolute atomic E-state index is 0.0610. The highest BCUT2D eigenvalue weighted by Gasteiger charge is 2.27. The Morgan fingerprint density at radius 3 is 3.00 bits per heavy atom. The lowest BCUT2D eigenvalue weighted by atomic mass is 9.81. The summed E-state index contributed by atoms with van der Waals surface area (Å²) >= 11 is 1.50. The Labute approximate surface area is 185 Å². The van der Waals surface area contributed by atoms with Crippen LogP contribution in [0.2, 0.25) is 0 Å². The third-order valence-corrected chi connectivity index (χ3v) is 7.15. The number of aromatic nitrogens is 4. The molecule has 1 fully saturated rings. The van der Waals surface area contributed by atoms with Gasteiger partial charge in [-0.1, -0.05) is 6.92 Å². The molecule has 1 amide bonds. The van der Waals surface area contributed by atoms with E-state index < -0.39 is 0 Å². The number of piperidine rings is 1. The van der Waals surface area contributed by atoms with E-state index in [9.17, 15) is 4.79 Å². The summed E-state index contributed by atoms with van der Waals surface area (Å²) in [5, 5.41) is 11.0. The third-order valence-electron chi connectivity index (χ3n) is 6.02. The minimum atomic E-state index is -0.0610. The Kier molecular flexibility index (Phi) is 5.33. The van der Waals surface area contributed by atoms with Crippen LogP contribution in [0.3, 0.4) is 0 Å². The lowest BCUT2D eigenvalue weighted by Crippen LogP contribution is -2.37. The number of carbonyl (C=O) groups excluding carboxylic acids is 1. The van der Waals surface area contributed by atoms with Gasteiger partial charge in [0.15, 0.2) is 0 Å². The molecule has 5 rings (SSSR count). The van der Waals surface area contributed by atoms with E-state index in [1.165, 1.54) is 24.2 Å². The Balaban J connectivity index is 1.22. The molecule has 1 aliphatic rings. The Hall–Kier alpha value is -2.97. The number of hydrogen-bond acceptors (Lipinski definition) is 5. The van der Waals surface area contributed by atoms with Crippen molar-refractivity contribution in [2.24, 2.45) is 5.41 Å². The summed E-state index contributed by atoms with van der Waals surface area (Å²) in [7, 11) is 0. The van der Waals surface area contributed by atoms with Crippen LogP contribution in [0.1, 0.15) is 35.0 Å². The van der Waals surface area contributed by atoms with Gasteiger partial charge in [0.1, 0.15) is 5.65 Å². The standard InChI is InChI=1S/C23H26N6OS/c1-23(5-7-24-8-6-23)16-29-15-18(14-27-29)19-2-3-20(31-19)22(30)26-13-17-4-10-28-11-9-25-21(28)12-17/h2-4,9-12,14-15,24H,5-8,13,16H2,1H3,(H,26,30). The number of amides is 1. The van der Waals surface area contributed by atoms with Gasteiger partial charge >= 0.3 is 0 Å². The molecule has 31 heavy (non-hydrogen) atoms. The van der Waals surface area contributed by atoms with Crippen LogP contribution in [0.4, 0.5) is 0 Å². The number of hydrogen-bond donors (Lipinski definition) is 2. The van der Waals surface area contributed by atoms with E-state index in [1.807, 2.05) is 51.9 Å². The quantitative estimate of drug-likeness (QED) is 0.486. The van der Waals surface area contributed by atoms with Gasteiger partial charge in [-0.15, -0.1) is 11.3 Å². The Bertz CT molecular complexity index is 1200. The van der Waals surface area contributed by atoms with Crippen LogP contribution in [0, 0.1) is 5.41 Å². The molecule has 0 aromatic carbocycles. The molecule has 0 bridgehead atoms. The highest BCUT2D eigenvalue weighted by Crippen LogP contribution is 2.32. The summed E-state index contributed by atoms with van der Waals surface area (Å²) in [4.78, 5) is 18.7. The number of rotatable bonds is 6. The largest absolute Gasteiger partial charge is 0.347 e. The van der Waals surface area contributed by atoms with E-state index in [0.29, 0.717) is 11.4 Å². The number of nitrogens with zero attached hydrogens (tertiary/aromatic N) is 4. The molecule has 2 N–H and O–H groups in total. The highest BCUT2D eigenvalue weighted by atomic mass is 32.1. The lowest BCUT2D eigenvalue weighted by Gasteiger charge is -2.33. The molecular weight excluding hydrogens is 408 g/mol. The SMILES string of the molecule is CC1(Cn2cc(-c3ccc(C(=O)NCc4ccn5ccnc5c4)s3)cn2)CCNCC1. The van der Waals surface area contributed by atoms with Crippen molar-refractivity contribution >= 4 is 22.9 Å². The molecule has 0 saturated carbocycles. The molecule has 4 aromatic heterocycles. The minimum Gasteiger partial charge on any atom is -0.347 e. The number of nitrogens with one attached hydrogen (secondary N) is 2. The predicted molar refractivity (Wildman–Crippen MR) is 122 cm³/mol. The first-order valence-electron chi connectivity index (χ1n) is 10.6. The van der Waals surface area contributed by atoms with Gasteiger partial charge in [0.25, 0.3) is 5.91 Å². The molecule has 0 aliphatic carbocycles. The molecular formula is C23H26N6OS. The smallest absolute Gasteiger partial charge is 0.261 e. The molecule has 5 heterocycles. The normalized spacial score (nSPS) is 15.9. The fraction of sp³-hybridized carbons (Fsp3) is 0.348. The second kappa shape index (κ2) is 8.28. The summed E-state index contributed by atoms with van der Waals surface area (Å²) in [6.45, 7) is 5.89. The van der Waals surface area contributed by atoms with Crippen molar-refractivity contribution < 1.29 is 4.79 Å². The number of imidazole rings is 1. The maximum Gasteiger partial charge on any atom is 0.261 e. The molecule has 0 atom stereocenters. The molecule has 0 spiro atoms. The molecule has 1 aliphatic heterocycles. The number of carbonyl (C=O) groups is 1. The van der Waals surface area contributed by atoms with Crippen LogP contribution in [0.15, 0.2) is 55.2 Å². The Morgan fingerprint density at radius 2 is 2.13 bits per heavy atom. The van der Waals surface area contributed by atoms with Crippen molar-refractivity contribution in [2.75, 3.05) is 13.1 Å². The van der Waals surface area contributed by atoms with Gasteiger partial charge in [-0.25, -0.2) is 4.98 Å². The van der Waals surface area contributed by atoms with Crippen molar-refractivity contribution in [3.63, 3.8) is 0 Å². The number of pyridine rings is 1. The predicted octanol–water partition coefficient (Wildman–Crippen LogP) is 3.58. The molecule has 160 valence electrons. The number of thiophene rings is 1. The topological polar surface area (TPSA) is 76.2 Å². The first-order valence-corrected chi connectivity index (χ1v) is 11.4. The molecule has 7 nitrogen and oxygen atoms in total. The first-order chi connectivity index (χ1) is 15.1. The molecule has 0 unspecified atom stereocenters. The maximum absolute atomic E-state index is 12.6. The van der Waals surface area contributed by atoms with Crippen LogP contribution in [0.5, 0.6) is 0 Å². The average Bonchev–Trinajstić information content (AvgIpc) is 3.52. The number of fused-ring (bicyclic) bond motifs is 1. The van der Waals surface area contributed by atoms with Crippen LogP contribution in [-0.4, -0.2) is 38.2 Å². The van der Waals surface area contributed by atoms with Crippen molar-refractivity contribution in [3.05, 3.63) is 65.7 Å². The lowest BCUT2D eigenvalue weighted by molar-refractivity contribution is 0.0955. The summed E-state index contributed by atoms with van der Waals surface area (Å²) in [6, 6.07) is 7.87. The zero-order valence-corrected chi connectivity index (χ0v) is 18.4. The fourth-order valence-electron chi connectivity index (χ4n) is 4.10. The average molecular weight is 435 g/mol. The monoisotopic (exact) mass is 434 g/mol. The van der Waals surface area contributed by atoms with E-state index in [-0.39, 0.29) is 11.3 Å².